The number of hydrogen-bond acceptors (Lipinski definition) is 3. The molecule has 2 aliphatic rings. The van der Waals surface area contributed by atoms with E-state index in [0.29, 0.717) is 33.7 Å². The number of nitriles is 1. The summed E-state index contributed by atoms with van der Waals surface area (Å²) in [7, 11) is 0. The van der Waals surface area contributed by atoms with Crippen LogP contribution < -0.4 is 15.4 Å². The summed E-state index contributed by atoms with van der Waals surface area (Å²) in [6.45, 7) is 5.77. The number of hydrogen-bond donors (Lipinski definition) is 2. The number of carbonyl (C=O) groups excluding carboxylic acids is 1. The molecule has 3 atom stereocenters. The number of fused-ring (bicyclic) bond motifs is 3. The summed E-state index contributed by atoms with van der Waals surface area (Å²) >= 11 is 12.5. The van der Waals surface area contributed by atoms with Gasteiger partial charge in [-0.05, 0) is 31.2 Å². The minimum atomic E-state index is -0.316. The third-order valence-electron chi connectivity index (χ3n) is 4.49. The highest BCUT2D eigenvalue weighted by atomic mass is 35.5. The molecular weight excluding hydrogens is 373 g/mol. The van der Waals surface area contributed by atoms with E-state index in [9.17, 15) is 4.79 Å². The Morgan fingerprint density at radius 2 is 2.12 bits per heavy atom. The molecule has 1 saturated carbocycles. The van der Waals surface area contributed by atoms with Crippen LogP contribution >= 0.6 is 23.2 Å². The van der Waals surface area contributed by atoms with E-state index in [4.69, 9.17) is 33.2 Å². The molecule has 0 radical (unpaired) electrons. The highest BCUT2D eigenvalue weighted by molar-refractivity contribution is 6.35. The summed E-state index contributed by atoms with van der Waals surface area (Å²) in [4.78, 5) is 12.2. The number of nitrogens with zero attached hydrogens (tertiary/aromatic N) is 1. The second-order valence-corrected chi connectivity index (χ2v) is 7.00. The van der Waals surface area contributed by atoms with Gasteiger partial charge < -0.3 is 15.4 Å². The van der Waals surface area contributed by atoms with E-state index < -0.39 is 0 Å². The number of urea groups is 1. The van der Waals surface area contributed by atoms with Crippen molar-refractivity contribution in [3.8, 4) is 11.8 Å². The zero-order valence-corrected chi connectivity index (χ0v) is 15.6. The fraction of sp³-hybridized carbons (Fsp3) is 0.263. The Morgan fingerprint density at radius 3 is 2.81 bits per heavy atom. The van der Waals surface area contributed by atoms with Crippen molar-refractivity contribution in [2.24, 2.45) is 5.92 Å². The zero-order chi connectivity index (χ0) is 18.8. The van der Waals surface area contributed by atoms with Gasteiger partial charge in [0.1, 0.15) is 5.75 Å². The van der Waals surface area contributed by atoms with E-state index in [1.165, 1.54) is 6.08 Å². The van der Waals surface area contributed by atoms with Gasteiger partial charge in [0.25, 0.3) is 0 Å². The average Bonchev–Trinajstić information content (AvgIpc) is 3.31. The molecule has 1 aliphatic heterocycles. The quantitative estimate of drug-likeness (QED) is 0.595. The van der Waals surface area contributed by atoms with Crippen LogP contribution in [0.2, 0.25) is 10.0 Å². The third-order valence-corrected chi connectivity index (χ3v) is 5.11. The SMILES string of the molecule is C=C/C(C#N)=C\C=C(/C)NC(=O)N[C@@H]1[C@@H]2COc3c(Cl)ccc(Cl)c3[C@@H]21. The molecule has 0 unspecified atom stereocenters. The van der Waals surface area contributed by atoms with Gasteiger partial charge >= 0.3 is 6.03 Å². The number of rotatable bonds is 4. The predicted octanol–water partition coefficient (Wildman–Crippen LogP) is 4.31. The number of allylic oxidation sites excluding steroid dienone is 5. The van der Waals surface area contributed by atoms with E-state index in [2.05, 4.69) is 17.2 Å². The third kappa shape index (κ3) is 3.57. The maximum absolute atomic E-state index is 12.2. The van der Waals surface area contributed by atoms with Crippen LogP contribution in [0.3, 0.4) is 0 Å². The van der Waals surface area contributed by atoms with Crippen LogP contribution in [0.25, 0.3) is 0 Å². The van der Waals surface area contributed by atoms with Crippen LogP contribution in [-0.2, 0) is 0 Å². The van der Waals surface area contributed by atoms with Crippen LogP contribution in [0.1, 0.15) is 18.4 Å². The molecule has 3 rings (SSSR count). The molecule has 2 N–H and O–H groups in total. The fourth-order valence-electron chi connectivity index (χ4n) is 3.13. The minimum Gasteiger partial charge on any atom is -0.491 e. The molecule has 1 aromatic rings. The number of halogens is 2. The Bertz CT molecular complexity index is 870. The van der Waals surface area contributed by atoms with Crippen molar-refractivity contribution < 1.29 is 9.53 Å². The highest BCUT2D eigenvalue weighted by Gasteiger charge is 2.56. The molecule has 7 heteroatoms. The number of nitrogens with one attached hydrogen (secondary N) is 2. The predicted molar refractivity (Wildman–Crippen MR) is 101 cm³/mol. The lowest BCUT2D eigenvalue weighted by molar-refractivity contribution is 0.241. The van der Waals surface area contributed by atoms with E-state index >= 15 is 0 Å². The number of ether oxygens (including phenoxy) is 1. The topological polar surface area (TPSA) is 74.2 Å². The van der Waals surface area contributed by atoms with Crippen LogP contribution in [0.5, 0.6) is 5.75 Å². The summed E-state index contributed by atoms with van der Waals surface area (Å²) in [5.41, 5.74) is 1.89. The lowest BCUT2D eigenvalue weighted by Gasteiger charge is -2.18. The monoisotopic (exact) mass is 389 g/mol. The maximum Gasteiger partial charge on any atom is 0.319 e. The van der Waals surface area contributed by atoms with Gasteiger partial charge in [-0.15, -0.1) is 0 Å². The molecule has 26 heavy (non-hydrogen) atoms. The number of amides is 2. The smallest absolute Gasteiger partial charge is 0.319 e. The van der Waals surface area contributed by atoms with Crippen LogP contribution in [-0.4, -0.2) is 18.7 Å². The van der Waals surface area contributed by atoms with E-state index in [-0.39, 0.29) is 23.9 Å². The zero-order valence-electron chi connectivity index (χ0n) is 14.1. The van der Waals surface area contributed by atoms with Gasteiger partial charge in [0.2, 0.25) is 0 Å². The van der Waals surface area contributed by atoms with Crippen LogP contribution in [0, 0.1) is 17.2 Å². The van der Waals surface area contributed by atoms with Crippen molar-refractivity contribution >= 4 is 29.2 Å². The van der Waals surface area contributed by atoms with E-state index in [0.717, 1.165) is 5.56 Å². The molecule has 0 bridgehead atoms. The second kappa shape index (κ2) is 7.45. The molecule has 1 heterocycles. The Morgan fingerprint density at radius 1 is 1.38 bits per heavy atom. The standard InChI is InChI=1S/C19H17Cl2N3O2/c1-3-11(8-22)5-4-10(2)23-19(25)24-17-12-9-26-18-14(21)7-6-13(20)16(18)15(12)17/h3-7,12,15,17H,1,9H2,2H3,(H2,23,24,25)/b10-4+,11-5+/t12-,15-,17-/m1/s1. The van der Waals surface area contributed by atoms with Crippen molar-refractivity contribution in [1.29, 1.82) is 5.26 Å². The van der Waals surface area contributed by atoms with Crippen molar-refractivity contribution in [1.82, 2.24) is 10.6 Å². The first-order chi connectivity index (χ1) is 12.5. The minimum absolute atomic E-state index is 0.0570. The molecule has 1 aromatic carbocycles. The summed E-state index contributed by atoms with van der Waals surface area (Å²) in [5.74, 6) is 0.894. The largest absolute Gasteiger partial charge is 0.491 e. The van der Waals surface area contributed by atoms with Crippen LogP contribution in [0.4, 0.5) is 4.79 Å². The summed E-state index contributed by atoms with van der Waals surface area (Å²) in [5, 5.41) is 15.6. The molecule has 0 spiro atoms. The number of carbonyl (C=O) groups is 1. The fourth-order valence-corrected chi connectivity index (χ4v) is 3.63. The molecule has 2 amide bonds. The number of benzene rings is 1. The normalized spacial score (nSPS) is 23.7. The Labute approximate surface area is 161 Å². The lowest BCUT2D eigenvalue weighted by Crippen LogP contribution is -2.37. The van der Waals surface area contributed by atoms with Gasteiger partial charge in [0, 0.05) is 34.2 Å². The summed E-state index contributed by atoms with van der Waals surface area (Å²) in [6, 6.07) is 5.07. The van der Waals surface area contributed by atoms with Crippen molar-refractivity contribution in [2.45, 2.75) is 18.9 Å². The second-order valence-electron chi connectivity index (χ2n) is 6.18. The van der Waals surface area contributed by atoms with Crippen LogP contribution in [0.15, 0.2) is 48.2 Å². The molecule has 1 fully saturated rings. The van der Waals surface area contributed by atoms with Gasteiger partial charge in [-0.2, -0.15) is 5.26 Å². The van der Waals surface area contributed by atoms with Gasteiger partial charge in [-0.25, -0.2) is 4.79 Å². The lowest BCUT2D eigenvalue weighted by atomic mass is 10.1. The highest BCUT2D eigenvalue weighted by Crippen LogP contribution is 2.57. The van der Waals surface area contributed by atoms with Crippen molar-refractivity contribution in [2.75, 3.05) is 6.61 Å². The molecule has 0 aromatic heterocycles. The molecule has 0 saturated heterocycles. The summed E-state index contributed by atoms with van der Waals surface area (Å²) in [6.07, 6.45) is 4.69. The maximum atomic E-state index is 12.2. The van der Waals surface area contributed by atoms with Gasteiger partial charge in [0.15, 0.2) is 0 Å². The first-order valence-corrected chi connectivity index (χ1v) is 8.81. The van der Waals surface area contributed by atoms with Gasteiger partial charge in [0.05, 0.1) is 23.3 Å². The molecule has 5 nitrogen and oxygen atoms in total. The molecular formula is C19H17Cl2N3O2. The summed E-state index contributed by atoms with van der Waals surface area (Å²) < 4.78 is 5.72. The molecule has 134 valence electrons. The van der Waals surface area contributed by atoms with Gasteiger partial charge in [-0.1, -0.05) is 35.9 Å². The van der Waals surface area contributed by atoms with Gasteiger partial charge in [-0.3, -0.25) is 0 Å². The Kier molecular flexibility index (Phi) is 5.26. The Balaban J connectivity index is 1.65. The van der Waals surface area contributed by atoms with Crippen molar-refractivity contribution in [3.05, 3.63) is 63.8 Å². The Hall–Kier alpha value is -2.42. The molecule has 1 aliphatic carbocycles. The van der Waals surface area contributed by atoms with E-state index in [1.807, 2.05) is 6.07 Å². The van der Waals surface area contributed by atoms with E-state index in [1.54, 1.807) is 31.2 Å². The first kappa shape index (κ1) is 18.4. The van der Waals surface area contributed by atoms with Crippen molar-refractivity contribution in [3.63, 3.8) is 0 Å². The average molecular weight is 390 g/mol. The first-order valence-electron chi connectivity index (χ1n) is 8.05.